The van der Waals surface area contributed by atoms with E-state index < -0.39 is 22.0 Å². The van der Waals surface area contributed by atoms with E-state index in [9.17, 15) is 17.6 Å². The van der Waals surface area contributed by atoms with E-state index in [0.717, 1.165) is 12.3 Å². The van der Waals surface area contributed by atoms with E-state index in [2.05, 4.69) is 17.6 Å². The summed E-state index contributed by atoms with van der Waals surface area (Å²) in [6.07, 6.45) is 0.539. The second kappa shape index (κ2) is 7.62. The minimum Gasteiger partial charge on any atom is -0.339 e. The minimum atomic E-state index is -3.78. The van der Waals surface area contributed by atoms with Crippen molar-refractivity contribution in [3.63, 3.8) is 0 Å². The molecule has 2 aliphatic carbocycles. The predicted molar refractivity (Wildman–Crippen MR) is 118 cm³/mol. The van der Waals surface area contributed by atoms with E-state index >= 15 is 0 Å². The number of primary sulfonamides is 1. The Labute approximate surface area is 186 Å². The summed E-state index contributed by atoms with van der Waals surface area (Å²) in [6, 6.07) is 10.9. The van der Waals surface area contributed by atoms with Gasteiger partial charge < -0.3 is 16.4 Å². The van der Waals surface area contributed by atoms with Crippen molar-refractivity contribution in [2.45, 2.75) is 42.9 Å². The highest BCUT2D eigenvalue weighted by molar-refractivity contribution is 7.89. The van der Waals surface area contributed by atoms with E-state index in [1.807, 2.05) is 0 Å². The van der Waals surface area contributed by atoms with Crippen LogP contribution in [0, 0.1) is 29.5 Å². The highest BCUT2D eigenvalue weighted by Gasteiger charge is 2.67. The molecule has 3 aliphatic rings. The highest BCUT2D eigenvalue weighted by atomic mass is 32.2. The first kappa shape index (κ1) is 21.5. The predicted octanol–water partition coefficient (Wildman–Crippen LogP) is 1.33. The van der Waals surface area contributed by atoms with Crippen LogP contribution in [0.4, 0.5) is 4.39 Å². The molecule has 1 amide bonds. The molecule has 7 atom stereocenters. The van der Waals surface area contributed by atoms with Gasteiger partial charge in [0.1, 0.15) is 5.82 Å². The quantitative estimate of drug-likeness (QED) is 0.486. The third-order valence-corrected chi connectivity index (χ3v) is 8.37. The van der Waals surface area contributed by atoms with Crippen LogP contribution in [0.5, 0.6) is 0 Å². The van der Waals surface area contributed by atoms with Gasteiger partial charge in [-0.25, -0.2) is 17.9 Å². The number of nitrogens with two attached hydrogens (primary N) is 2. The van der Waals surface area contributed by atoms with Gasteiger partial charge in [-0.05, 0) is 65.0 Å². The number of amides is 1. The van der Waals surface area contributed by atoms with Crippen molar-refractivity contribution >= 4 is 15.9 Å². The first-order valence-electron chi connectivity index (χ1n) is 10.9. The number of hydrogen-bond acceptors (Lipinski definition) is 5. The number of nitrogens with one attached hydrogen (secondary N) is 2. The summed E-state index contributed by atoms with van der Waals surface area (Å²) in [6.45, 7) is 2.25. The maximum Gasteiger partial charge on any atom is 0.238 e. The molecule has 1 saturated heterocycles. The first-order chi connectivity index (χ1) is 15.1. The summed E-state index contributed by atoms with van der Waals surface area (Å²) < 4.78 is 37.5. The van der Waals surface area contributed by atoms with Crippen LogP contribution >= 0.6 is 0 Å². The SMILES string of the molecule is CC1C2C3CC(C(C(=O)NC(N)Cc4ccc(-c5ccc(S(N)(=O)=O)cc5)cc4F)N3)C12. The Morgan fingerprint density at radius 1 is 1.19 bits per heavy atom. The van der Waals surface area contributed by atoms with Gasteiger partial charge in [0.2, 0.25) is 15.9 Å². The Balaban J connectivity index is 1.22. The van der Waals surface area contributed by atoms with Gasteiger partial charge in [0.15, 0.2) is 0 Å². The number of fused-ring (bicyclic) bond motifs is 5. The largest absolute Gasteiger partial charge is 0.339 e. The van der Waals surface area contributed by atoms with Crippen LogP contribution in [0.3, 0.4) is 0 Å². The summed E-state index contributed by atoms with van der Waals surface area (Å²) in [4.78, 5) is 12.7. The zero-order chi connectivity index (χ0) is 22.8. The number of benzene rings is 2. The van der Waals surface area contributed by atoms with E-state index in [1.165, 1.54) is 18.2 Å². The van der Waals surface area contributed by atoms with Crippen LogP contribution < -0.4 is 21.5 Å². The number of piperidine rings is 1. The van der Waals surface area contributed by atoms with Crippen molar-refractivity contribution in [1.82, 2.24) is 10.6 Å². The van der Waals surface area contributed by atoms with Gasteiger partial charge in [0, 0.05) is 12.5 Å². The molecule has 0 radical (unpaired) electrons. The molecule has 2 aromatic carbocycles. The Morgan fingerprint density at radius 3 is 2.50 bits per heavy atom. The molecule has 2 saturated carbocycles. The number of carbonyl (C=O) groups excluding carboxylic acids is 1. The van der Waals surface area contributed by atoms with E-state index in [-0.39, 0.29) is 23.3 Å². The Kier molecular flexibility index (Phi) is 5.12. The van der Waals surface area contributed by atoms with Crippen molar-refractivity contribution in [3.05, 3.63) is 53.8 Å². The lowest BCUT2D eigenvalue weighted by atomic mass is 9.95. The maximum absolute atomic E-state index is 14.7. The molecule has 0 aromatic heterocycles. The zero-order valence-corrected chi connectivity index (χ0v) is 18.5. The van der Waals surface area contributed by atoms with E-state index in [1.54, 1.807) is 24.3 Å². The third-order valence-electron chi connectivity index (χ3n) is 7.44. The molecule has 5 rings (SSSR count). The normalized spacial score (nSPS) is 31.2. The van der Waals surface area contributed by atoms with Crippen molar-refractivity contribution < 1.29 is 17.6 Å². The molecule has 1 aliphatic heterocycles. The van der Waals surface area contributed by atoms with Crippen LogP contribution in [0.2, 0.25) is 0 Å². The molecule has 7 nitrogen and oxygen atoms in total. The fourth-order valence-corrected chi connectivity index (χ4v) is 6.41. The fourth-order valence-electron chi connectivity index (χ4n) is 5.90. The van der Waals surface area contributed by atoms with Crippen LogP contribution in [-0.2, 0) is 21.2 Å². The highest BCUT2D eigenvalue weighted by Crippen LogP contribution is 2.64. The third kappa shape index (κ3) is 3.73. The lowest BCUT2D eigenvalue weighted by molar-refractivity contribution is -0.124. The maximum atomic E-state index is 14.7. The number of carbonyl (C=O) groups is 1. The van der Waals surface area contributed by atoms with Gasteiger partial charge in [0.25, 0.3) is 0 Å². The molecule has 7 unspecified atom stereocenters. The van der Waals surface area contributed by atoms with Crippen LogP contribution in [-0.4, -0.2) is 32.6 Å². The number of sulfonamides is 1. The second-order valence-corrected chi connectivity index (χ2v) is 10.9. The molecule has 170 valence electrons. The molecular formula is C23H27FN4O3S. The van der Waals surface area contributed by atoms with E-state index in [0.29, 0.717) is 40.5 Å². The molecule has 3 fully saturated rings. The molecule has 32 heavy (non-hydrogen) atoms. The topological polar surface area (TPSA) is 127 Å². The Morgan fingerprint density at radius 2 is 1.88 bits per heavy atom. The number of halogens is 1. The minimum absolute atomic E-state index is 0.00306. The summed E-state index contributed by atoms with van der Waals surface area (Å²) in [5, 5.41) is 11.4. The van der Waals surface area contributed by atoms with Crippen molar-refractivity contribution in [2.75, 3.05) is 0 Å². The number of hydrogen-bond donors (Lipinski definition) is 4. The molecule has 6 N–H and O–H groups in total. The fraction of sp³-hybridized carbons (Fsp3) is 0.435. The van der Waals surface area contributed by atoms with Gasteiger partial charge >= 0.3 is 0 Å². The Hall–Kier alpha value is -2.33. The van der Waals surface area contributed by atoms with Crippen molar-refractivity contribution in [2.24, 2.45) is 34.5 Å². The van der Waals surface area contributed by atoms with Crippen LogP contribution in [0.25, 0.3) is 11.1 Å². The van der Waals surface area contributed by atoms with Gasteiger partial charge in [-0.15, -0.1) is 0 Å². The molecule has 1 heterocycles. The summed E-state index contributed by atoms with van der Waals surface area (Å²) in [5.41, 5.74) is 7.79. The molecule has 2 bridgehead atoms. The standard InChI is InChI=1S/C23H27FN4O3S/c1-11-20-16-10-18(21(11)20)27-22(16)23(29)28-19(25)9-14-3-2-13(8-17(14)24)12-4-6-15(7-5-12)32(26,30)31/h2-8,11,16,18-22,27H,9-10,25H2,1H3,(H,28,29)(H2,26,30,31). The molecule has 2 aromatic rings. The molecule has 0 spiro atoms. The Bertz CT molecular complexity index is 1170. The molecular weight excluding hydrogens is 431 g/mol. The van der Waals surface area contributed by atoms with Crippen molar-refractivity contribution in [3.8, 4) is 11.1 Å². The van der Waals surface area contributed by atoms with Gasteiger partial charge in [-0.1, -0.05) is 31.2 Å². The zero-order valence-electron chi connectivity index (χ0n) is 17.7. The summed E-state index contributed by atoms with van der Waals surface area (Å²) >= 11 is 0. The lowest BCUT2D eigenvalue weighted by Gasteiger charge is -2.24. The summed E-state index contributed by atoms with van der Waals surface area (Å²) in [5.74, 6) is 1.91. The van der Waals surface area contributed by atoms with Gasteiger partial charge in [-0.2, -0.15) is 0 Å². The van der Waals surface area contributed by atoms with Crippen molar-refractivity contribution in [1.29, 1.82) is 0 Å². The average molecular weight is 459 g/mol. The lowest BCUT2D eigenvalue weighted by Crippen LogP contribution is -2.53. The first-order valence-corrected chi connectivity index (χ1v) is 12.4. The van der Waals surface area contributed by atoms with E-state index in [4.69, 9.17) is 10.9 Å². The summed E-state index contributed by atoms with van der Waals surface area (Å²) in [7, 11) is -3.78. The average Bonchev–Trinajstić information content (AvgIpc) is 3.09. The second-order valence-electron chi connectivity index (χ2n) is 9.36. The molecule has 9 heteroatoms. The van der Waals surface area contributed by atoms with Crippen LogP contribution in [0.1, 0.15) is 18.9 Å². The van der Waals surface area contributed by atoms with Gasteiger partial charge in [0.05, 0.1) is 17.1 Å². The number of rotatable bonds is 6. The van der Waals surface area contributed by atoms with Crippen LogP contribution in [0.15, 0.2) is 47.4 Å². The monoisotopic (exact) mass is 458 g/mol. The smallest absolute Gasteiger partial charge is 0.238 e. The van der Waals surface area contributed by atoms with Gasteiger partial charge in [-0.3, -0.25) is 4.79 Å².